The van der Waals surface area contributed by atoms with Crippen molar-refractivity contribution >= 4 is 16.1 Å². The van der Waals surface area contributed by atoms with Crippen LogP contribution in [-0.4, -0.2) is 37.5 Å². The zero-order chi connectivity index (χ0) is 21.7. The maximum atomic E-state index is 11.3. The van der Waals surface area contributed by atoms with Crippen molar-refractivity contribution in [3.8, 4) is 28.6 Å². The second-order valence-electron chi connectivity index (χ2n) is 6.40. The summed E-state index contributed by atoms with van der Waals surface area (Å²) in [5.74, 6) is 0.573. The van der Waals surface area contributed by atoms with E-state index in [-0.39, 0.29) is 12.4 Å². The van der Waals surface area contributed by atoms with Crippen LogP contribution in [0.25, 0.3) is 11.3 Å². The van der Waals surface area contributed by atoms with Crippen molar-refractivity contribution in [1.82, 2.24) is 5.16 Å². The Morgan fingerprint density at radius 2 is 1.90 bits per heavy atom. The van der Waals surface area contributed by atoms with E-state index in [2.05, 4.69) is 5.16 Å². The highest BCUT2D eigenvalue weighted by atomic mass is 32.2. The van der Waals surface area contributed by atoms with Crippen LogP contribution in [0, 0.1) is 6.92 Å². The quantitative estimate of drug-likeness (QED) is 0.507. The highest BCUT2D eigenvalue weighted by Gasteiger charge is 2.11. The van der Waals surface area contributed by atoms with E-state index in [0.29, 0.717) is 28.5 Å². The number of nitrogens with zero attached hydrogens (tertiary/aromatic N) is 1. The normalized spacial score (nSPS) is 11.1. The minimum Gasteiger partial charge on any atom is -0.487 e. The number of aliphatic carboxylic acids is 1. The molecule has 158 valence electrons. The van der Waals surface area contributed by atoms with Crippen molar-refractivity contribution in [2.75, 3.05) is 12.9 Å². The third kappa shape index (κ3) is 5.98. The Morgan fingerprint density at radius 3 is 2.60 bits per heavy atom. The number of carbonyl (C=O) groups is 1. The predicted molar refractivity (Wildman–Crippen MR) is 106 cm³/mol. The first kappa shape index (κ1) is 21.2. The molecule has 30 heavy (non-hydrogen) atoms. The second-order valence-corrected chi connectivity index (χ2v) is 7.97. The van der Waals surface area contributed by atoms with Crippen molar-refractivity contribution in [3.05, 3.63) is 59.8 Å². The number of rotatable bonds is 9. The molecule has 0 aliphatic carbocycles. The molecule has 10 heteroatoms. The standard InChI is InChI=1S/C20H19NO8S/c1-13-8-16(6-7-18(13)27-12-20(22)23)26-11-15-10-19(28-21-15)14-4-3-5-17(9-14)29-30(2,24)25/h3-10H,11-12H2,1-2H3,(H,22,23). The molecule has 0 fully saturated rings. The maximum Gasteiger partial charge on any atom is 0.341 e. The summed E-state index contributed by atoms with van der Waals surface area (Å²) in [4.78, 5) is 10.6. The van der Waals surface area contributed by atoms with E-state index in [0.717, 1.165) is 11.8 Å². The topological polar surface area (TPSA) is 125 Å². The summed E-state index contributed by atoms with van der Waals surface area (Å²) in [7, 11) is -3.63. The predicted octanol–water partition coefficient (Wildman–Crippen LogP) is 3.03. The van der Waals surface area contributed by atoms with Gasteiger partial charge in [-0.15, -0.1) is 0 Å². The minimum absolute atomic E-state index is 0.137. The molecular formula is C20H19NO8S. The fourth-order valence-corrected chi connectivity index (χ4v) is 3.02. The summed E-state index contributed by atoms with van der Waals surface area (Å²) in [6.07, 6.45) is 0.968. The number of ether oxygens (including phenoxy) is 2. The van der Waals surface area contributed by atoms with Crippen LogP contribution >= 0.6 is 0 Å². The molecule has 3 rings (SSSR count). The van der Waals surface area contributed by atoms with Crippen molar-refractivity contribution in [3.63, 3.8) is 0 Å². The molecule has 0 spiro atoms. The Labute approximate surface area is 172 Å². The van der Waals surface area contributed by atoms with Gasteiger partial charge in [0, 0.05) is 11.6 Å². The Morgan fingerprint density at radius 1 is 1.10 bits per heavy atom. The summed E-state index contributed by atoms with van der Waals surface area (Å²) in [5.41, 5.74) is 1.87. The van der Waals surface area contributed by atoms with Gasteiger partial charge in [-0.3, -0.25) is 0 Å². The molecule has 0 radical (unpaired) electrons. The first-order valence-electron chi connectivity index (χ1n) is 8.73. The van der Waals surface area contributed by atoms with Crippen molar-refractivity contribution in [2.24, 2.45) is 0 Å². The largest absolute Gasteiger partial charge is 0.487 e. The van der Waals surface area contributed by atoms with Gasteiger partial charge in [0.25, 0.3) is 0 Å². The molecule has 0 unspecified atom stereocenters. The van der Waals surface area contributed by atoms with Gasteiger partial charge in [0.15, 0.2) is 12.4 Å². The van der Waals surface area contributed by atoms with Gasteiger partial charge in [0.1, 0.15) is 29.5 Å². The molecule has 0 saturated heterocycles. The number of hydrogen-bond acceptors (Lipinski definition) is 8. The molecule has 3 aromatic rings. The summed E-state index contributed by atoms with van der Waals surface area (Å²) in [6.45, 7) is 1.50. The zero-order valence-corrected chi connectivity index (χ0v) is 17.0. The Bertz CT molecular complexity index is 1150. The fraction of sp³-hybridized carbons (Fsp3) is 0.200. The number of carboxylic acid groups (broad SMARTS) is 1. The van der Waals surface area contributed by atoms with E-state index in [1.165, 1.54) is 12.1 Å². The molecule has 2 aromatic carbocycles. The summed E-state index contributed by atoms with van der Waals surface area (Å²) in [5, 5.41) is 12.6. The van der Waals surface area contributed by atoms with E-state index in [4.69, 9.17) is 23.3 Å². The molecule has 0 atom stereocenters. The third-order valence-electron chi connectivity index (χ3n) is 3.81. The second kappa shape index (κ2) is 8.87. The van der Waals surface area contributed by atoms with E-state index in [1.54, 1.807) is 43.3 Å². The van der Waals surface area contributed by atoms with Gasteiger partial charge in [-0.1, -0.05) is 17.3 Å². The van der Waals surface area contributed by atoms with Crippen molar-refractivity contribution in [2.45, 2.75) is 13.5 Å². The van der Waals surface area contributed by atoms with Gasteiger partial charge < -0.3 is 23.3 Å². The number of hydrogen-bond donors (Lipinski definition) is 1. The van der Waals surface area contributed by atoms with Crippen LogP contribution in [0.4, 0.5) is 0 Å². The van der Waals surface area contributed by atoms with Crippen molar-refractivity contribution < 1.29 is 36.5 Å². The average Bonchev–Trinajstić information content (AvgIpc) is 3.13. The van der Waals surface area contributed by atoms with Crippen LogP contribution in [-0.2, 0) is 21.5 Å². The third-order valence-corrected chi connectivity index (χ3v) is 4.30. The van der Waals surface area contributed by atoms with Crippen LogP contribution in [0.15, 0.2) is 53.1 Å². The molecule has 1 N–H and O–H groups in total. The average molecular weight is 433 g/mol. The molecule has 0 aliphatic rings. The molecule has 0 bridgehead atoms. The molecule has 1 heterocycles. The molecule has 0 aliphatic heterocycles. The maximum absolute atomic E-state index is 11.3. The number of aryl methyl sites for hydroxylation is 1. The lowest BCUT2D eigenvalue weighted by Gasteiger charge is -2.09. The number of carboxylic acids is 1. The molecule has 9 nitrogen and oxygen atoms in total. The van der Waals surface area contributed by atoms with Crippen LogP contribution in [0.1, 0.15) is 11.3 Å². The van der Waals surface area contributed by atoms with E-state index >= 15 is 0 Å². The number of aromatic nitrogens is 1. The monoisotopic (exact) mass is 433 g/mol. The molecule has 1 aromatic heterocycles. The summed E-state index contributed by atoms with van der Waals surface area (Å²) in [6, 6.07) is 13.1. The highest BCUT2D eigenvalue weighted by molar-refractivity contribution is 7.86. The highest BCUT2D eigenvalue weighted by Crippen LogP contribution is 2.27. The summed E-state index contributed by atoms with van der Waals surface area (Å²) < 4.78 is 43.6. The molecular weight excluding hydrogens is 414 g/mol. The van der Waals surface area contributed by atoms with Gasteiger partial charge >= 0.3 is 16.1 Å². The molecule has 0 amide bonds. The summed E-state index contributed by atoms with van der Waals surface area (Å²) >= 11 is 0. The minimum atomic E-state index is -3.63. The van der Waals surface area contributed by atoms with E-state index in [1.807, 2.05) is 0 Å². The lowest BCUT2D eigenvalue weighted by Crippen LogP contribution is -2.10. The molecule has 0 saturated carbocycles. The lowest BCUT2D eigenvalue weighted by atomic mass is 10.1. The van der Waals surface area contributed by atoms with Crippen LogP contribution < -0.4 is 13.7 Å². The van der Waals surface area contributed by atoms with Crippen LogP contribution in [0.5, 0.6) is 17.2 Å². The first-order chi connectivity index (χ1) is 14.2. The lowest BCUT2D eigenvalue weighted by molar-refractivity contribution is -0.139. The van der Waals surface area contributed by atoms with E-state index in [9.17, 15) is 13.2 Å². The SMILES string of the molecule is Cc1cc(OCc2cc(-c3cccc(OS(C)(=O)=O)c3)on2)ccc1OCC(=O)O. The van der Waals surface area contributed by atoms with Gasteiger partial charge in [0.05, 0.1) is 6.26 Å². The Hall–Kier alpha value is -3.53. The van der Waals surface area contributed by atoms with Gasteiger partial charge in [-0.25, -0.2) is 4.79 Å². The van der Waals surface area contributed by atoms with Crippen molar-refractivity contribution in [1.29, 1.82) is 0 Å². The smallest absolute Gasteiger partial charge is 0.341 e. The van der Waals surface area contributed by atoms with Gasteiger partial charge in [-0.05, 0) is 42.8 Å². The van der Waals surface area contributed by atoms with Gasteiger partial charge in [-0.2, -0.15) is 8.42 Å². The zero-order valence-electron chi connectivity index (χ0n) is 16.2. The van der Waals surface area contributed by atoms with Gasteiger partial charge in [0.2, 0.25) is 0 Å². The van der Waals surface area contributed by atoms with Crippen LogP contribution in [0.3, 0.4) is 0 Å². The Kier molecular flexibility index (Phi) is 6.26. The fourth-order valence-electron chi connectivity index (χ4n) is 2.56. The number of benzene rings is 2. The Balaban J connectivity index is 1.64. The van der Waals surface area contributed by atoms with E-state index < -0.39 is 22.7 Å². The first-order valence-corrected chi connectivity index (χ1v) is 10.5. The van der Waals surface area contributed by atoms with Crippen LogP contribution in [0.2, 0.25) is 0 Å².